The highest BCUT2D eigenvalue weighted by molar-refractivity contribution is 5.79. The molecule has 0 saturated carbocycles. The molecule has 0 bridgehead atoms. The zero-order valence-corrected chi connectivity index (χ0v) is 9.99. The first-order valence-electron chi connectivity index (χ1n) is 5.70. The SMILES string of the molecule is CCCCCNC(=NC)NCc1ccon1. The second kappa shape index (κ2) is 7.73. The van der Waals surface area contributed by atoms with E-state index in [0.717, 1.165) is 18.2 Å². The van der Waals surface area contributed by atoms with Crippen LogP contribution in [0.3, 0.4) is 0 Å². The summed E-state index contributed by atoms with van der Waals surface area (Å²) in [6.45, 7) is 3.77. The number of nitrogens with zero attached hydrogens (tertiary/aromatic N) is 2. The Balaban J connectivity index is 2.17. The van der Waals surface area contributed by atoms with Crippen molar-refractivity contribution < 1.29 is 4.52 Å². The summed E-state index contributed by atoms with van der Waals surface area (Å²) in [6, 6.07) is 1.83. The van der Waals surface area contributed by atoms with Gasteiger partial charge in [-0.05, 0) is 6.42 Å². The monoisotopic (exact) mass is 224 g/mol. The summed E-state index contributed by atoms with van der Waals surface area (Å²) in [5.74, 6) is 0.805. The molecule has 0 aliphatic rings. The van der Waals surface area contributed by atoms with Gasteiger partial charge in [0.05, 0.1) is 6.54 Å². The average molecular weight is 224 g/mol. The van der Waals surface area contributed by atoms with Crippen molar-refractivity contribution in [2.75, 3.05) is 13.6 Å². The van der Waals surface area contributed by atoms with E-state index in [1.807, 2.05) is 6.07 Å². The number of rotatable bonds is 6. The molecule has 2 N–H and O–H groups in total. The zero-order valence-electron chi connectivity index (χ0n) is 9.99. The molecule has 0 aliphatic heterocycles. The predicted molar refractivity (Wildman–Crippen MR) is 64.2 cm³/mol. The number of aliphatic imine (C=N–C) groups is 1. The van der Waals surface area contributed by atoms with Crippen LogP contribution in [-0.2, 0) is 6.54 Å². The van der Waals surface area contributed by atoms with Gasteiger partial charge in [0.1, 0.15) is 12.0 Å². The minimum absolute atomic E-state index is 0.629. The van der Waals surface area contributed by atoms with E-state index in [1.54, 1.807) is 13.3 Å². The summed E-state index contributed by atoms with van der Waals surface area (Å²) in [4.78, 5) is 4.12. The van der Waals surface area contributed by atoms with Crippen molar-refractivity contribution in [2.24, 2.45) is 4.99 Å². The Kier molecular flexibility index (Phi) is 6.06. The van der Waals surface area contributed by atoms with Gasteiger partial charge in [0.2, 0.25) is 0 Å². The highest BCUT2D eigenvalue weighted by Crippen LogP contribution is 1.93. The van der Waals surface area contributed by atoms with Gasteiger partial charge in [0, 0.05) is 19.7 Å². The molecule has 90 valence electrons. The maximum atomic E-state index is 4.74. The fourth-order valence-corrected chi connectivity index (χ4v) is 1.31. The van der Waals surface area contributed by atoms with Crippen LogP contribution in [0.15, 0.2) is 21.8 Å². The topological polar surface area (TPSA) is 62.5 Å². The number of nitrogens with one attached hydrogen (secondary N) is 2. The standard InChI is InChI=1S/C11H20N4O/c1-3-4-5-7-13-11(12-2)14-9-10-6-8-16-15-10/h6,8H,3-5,7,9H2,1-2H3,(H2,12,13,14). The lowest BCUT2D eigenvalue weighted by Crippen LogP contribution is -2.37. The van der Waals surface area contributed by atoms with Crippen LogP contribution in [0.1, 0.15) is 31.9 Å². The number of hydrogen-bond donors (Lipinski definition) is 2. The molecule has 5 heteroatoms. The van der Waals surface area contributed by atoms with Crippen molar-refractivity contribution in [3.05, 3.63) is 18.0 Å². The minimum Gasteiger partial charge on any atom is -0.364 e. The molecule has 16 heavy (non-hydrogen) atoms. The molecule has 0 unspecified atom stereocenters. The van der Waals surface area contributed by atoms with E-state index in [4.69, 9.17) is 4.52 Å². The smallest absolute Gasteiger partial charge is 0.191 e. The molecule has 0 atom stereocenters. The average Bonchev–Trinajstić information content (AvgIpc) is 2.81. The fourth-order valence-electron chi connectivity index (χ4n) is 1.31. The van der Waals surface area contributed by atoms with Crippen LogP contribution in [0.5, 0.6) is 0 Å². The Morgan fingerprint density at radius 3 is 2.94 bits per heavy atom. The Hall–Kier alpha value is -1.52. The summed E-state index contributed by atoms with van der Waals surface area (Å²) in [5, 5.41) is 10.2. The van der Waals surface area contributed by atoms with Gasteiger partial charge >= 0.3 is 0 Å². The molecule has 1 aromatic heterocycles. The third-order valence-corrected chi connectivity index (χ3v) is 2.22. The van der Waals surface area contributed by atoms with Crippen molar-refractivity contribution >= 4 is 5.96 Å². The van der Waals surface area contributed by atoms with Gasteiger partial charge in [-0.2, -0.15) is 0 Å². The van der Waals surface area contributed by atoms with Crippen LogP contribution in [0, 0.1) is 0 Å². The maximum Gasteiger partial charge on any atom is 0.191 e. The van der Waals surface area contributed by atoms with Gasteiger partial charge in [-0.15, -0.1) is 0 Å². The quantitative estimate of drug-likeness (QED) is 0.437. The zero-order chi connectivity index (χ0) is 11.6. The van der Waals surface area contributed by atoms with Crippen LogP contribution in [-0.4, -0.2) is 24.7 Å². The lowest BCUT2D eigenvalue weighted by molar-refractivity contribution is 0.410. The van der Waals surface area contributed by atoms with Crippen LogP contribution in [0.4, 0.5) is 0 Å². The van der Waals surface area contributed by atoms with Crippen molar-refractivity contribution in [1.29, 1.82) is 0 Å². The highest BCUT2D eigenvalue weighted by Gasteiger charge is 1.99. The van der Waals surface area contributed by atoms with Gasteiger partial charge in [-0.1, -0.05) is 24.9 Å². The summed E-state index contributed by atoms with van der Waals surface area (Å²) < 4.78 is 4.74. The Morgan fingerprint density at radius 1 is 1.44 bits per heavy atom. The largest absolute Gasteiger partial charge is 0.364 e. The first-order valence-corrected chi connectivity index (χ1v) is 5.70. The number of guanidine groups is 1. The molecule has 1 rings (SSSR count). The van der Waals surface area contributed by atoms with Crippen molar-refractivity contribution in [1.82, 2.24) is 15.8 Å². The summed E-state index contributed by atoms with van der Waals surface area (Å²) in [5.41, 5.74) is 0.872. The van der Waals surface area contributed by atoms with E-state index in [1.165, 1.54) is 19.3 Å². The summed E-state index contributed by atoms with van der Waals surface area (Å²) in [7, 11) is 1.76. The molecule has 1 aromatic rings. The summed E-state index contributed by atoms with van der Waals surface area (Å²) >= 11 is 0. The van der Waals surface area contributed by atoms with Crippen molar-refractivity contribution in [3.8, 4) is 0 Å². The number of hydrogen-bond acceptors (Lipinski definition) is 3. The molecule has 0 radical (unpaired) electrons. The number of aromatic nitrogens is 1. The van der Waals surface area contributed by atoms with Gasteiger partial charge in [-0.3, -0.25) is 4.99 Å². The number of unbranched alkanes of at least 4 members (excludes halogenated alkanes) is 2. The van der Waals surface area contributed by atoms with E-state index < -0.39 is 0 Å². The lowest BCUT2D eigenvalue weighted by Gasteiger charge is -2.10. The molecule has 0 aliphatic carbocycles. The minimum atomic E-state index is 0.629. The van der Waals surface area contributed by atoms with Crippen LogP contribution < -0.4 is 10.6 Å². The second-order valence-electron chi connectivity index (χ2n) is 3.55. The Bertz CT molecular complexity index is 295. The van der Waals surface area contributed by atoms with Crippen molar-refractivity contribution in [3.63, 3.8) is 0 Å². The van der Waals surface area contributed by atoms with E-state index in [0.29, 0.717) is 6.54 Å². The molecule has 5 nitrogen and oxygen atoms in total. The van der Waals surface area contributed by atoms with Gasteiger partial charge < -0.3 is 15.2 Å². The molecular weight excluding hydrogens is 204 g/mol. The highest BCUT2D eigenvalue weighted by atomic mass is 16.5. The van der Waals surface area contributed by atoms with Gasteiger partial charge in [0.25, 0.3) is 0 Å². The normalized spacial score (nSPS) is 11.5. The maximum absolute atomic E-state index is 4.74. The lowest BCUT2D eigenvalue weighted by atomic mass is 10.2. The van der Waals surface area contributed by atoms with Gasteiger partial charge in [0.15, 0.2) is 5.96 Å². The van der Waals surface area contributed by atoms with Crippen LogP contribution in [0.25, 0.3) is 0 Å². The van der Waals surface area contributed by atoms with Crippen LogP contribution >= 0.6 is 0 Å². The third kappa shape index (κ3) is 4.82. The molecule has 0 amide bonds. The molecule has 0 spiro atoms. The molecular formula is C11H20N4O. The molecule has 0 fully saturated rings. The predicted octanol–water partition coefficient (Wildman–Crippen LogP) is 1.53. The van der Waals surface area contributed by atoms with E-state index in [9.17, 15) is 0 Å². The van der Waals surface area contributed by atoms with E-state index in [-0.39, 0.29) is 0 Å². The van der Waals surface area contributed by atoms with Crippen LogP contribution in [0.2, 0.25) is 0 Å². The second-order valence-corrected chi connectivity index (χ2v) is 3.55. The first-order chi connectivity index (χ1) is 7.86. The third-order valence-electron chi connectivity index (χ3n) is 2.22. The Labute approximate surface area is 96.3 Å². The molecule has 0 aromatic carbocycles. The van der Waals surface area contributed by atoms with Crippen molar-refractivity contribution in [2.45, 2.75) is 32.7 Å². The van der Waals surface area contributed by atoms with Gasteiger partial charge in [-0.25, -0.2) is 0 Å². The fraction of sp³-hybridized carbons (Fsp3) is 0.636. The van der Waals surface area contributed by atoms with E-state index >= 15 is 0 Å². The first kappa shape index (κ1) is 12.5. The molecule has 1 heterocycles. The molecule has 0 saturated heterocycles. The Morgan fingerprint density at radius 2 is 2.31 bits per heavy atom. The summed E-state index contributed by atoms with van der Waals surface area (Å²) in [6.07, 6.45) is 5.20. The van der Waals surface area contributed by atoms with E-state index in [2.05, 4.69) is 27.7 Å².